The third kappa shape index (κ3) is 7.07. The molecule has 7 nitrogen and oxygen atoms in total. The summed E-state index contributed by atoms with van der Waals surface area (Å²) in [4.78, 5) is 28.2. The molecule has 1 aliphatic rings. The molecule has 0 radical (unpaired) electrons. The van der Waals surface area contributed by atoms with Crippen molar-refractivity contribution in [3.63, 3.8) is 0 Å². The fraction of sp³-hybridized carbons (Fsp3) is 0.481. The minimum absolute atomic E-state index is 0.130. The van der Waals surface area contributed by atoms with E-state index < -0.39 is 22.0 Å². The Morgan fingerprint density at radius 1 is 1.06 bits per heavy atom. The van der Waals surface area contributed by atoms with E-state index in [0.717, 1.165) is 59.4 Å². The second-order valence-electron chi connectivity index (χ2n) is 9.40. The monoisotopic (exact) mass is 499 g/mol. The number of rotatable bonds is 10. The Bertz CT molecular complexity index is 1130. The van der Waals surface area contributed by atoms with Crippen LogP contribution in [-0.4, -0.2) is 50.0 Å². The van der Waals surface area contributed by atoms with Crippen molar-refractivity contribution in [2.75, 3.05) is 17.1 Å². The number of amides is 2. The Morgan fingerprint density at radius 3 is 2.26 bits per heavy atom. The lowest BCUT2D eigenvalue weighted by Gasteiger charge is -2.32. The van der Waals surface area contributed by atoms with E-state index in [9.17, 15) is 18.0 Å². The smallest absolute Gasteiger partial charge is 0.244 e. The zero-order valence-electron chi connectivity index (χ0n) is 21.2. The number of nitrogens with one attached hydrogen (secondary N) is 1. The first-order valence-corrected chi connectivity index (χ1v) is 14.2. The zero-order chi connectivity index (χ0) is 25.6. The molecule has 190 valence electrons. The van der Waals surface area contributed by atoms with Crippen molar-refractivity contribution < 1.29 is 18.0 Å². The van der Waals surface area contributed by atoms with Crippen LogP contribution < -0.4 is 9.62 Å². The van der Waals surface area contributed by atoms with Gasteiger partial charge in [-0.3, -0.25) is 13.9 Å². The first-order chi connectivity index (χ1) is 16.6. The third-order valence-electron chi connectivity index (χ3n) is 6.78. The van der Waals surface area contributed by atoms with Crippen LogP contribution in [-0.2, 0) is 32.6 Å². The van der Waals surface area contributed by atoms with Crippen LogP contribution in [0, 0.1) is 6.92 Å². The summed E-state index contributed by atoms with van der Waals surface area (Å²) in [5, 5.41) is 3.08. The Labute approximate surface area is 209 Å². The number of benzene rings is 2. The molecule has 1 aliphatic carbocycles. The summed E-state index contributed by atoms with van der Waals surface area (Å²) < 4.78 is 26.4. The third-order valence-corrected chi connectivity index (χ3v) is 7.92. The topological polar surface area (TPSA) is 86.8 Å². The van der Waals surface area contributed by atoms with Gasteiger partial charge in [0, 0.05) is 12.6 Å². The minimum atomic E-state index is -3.73. The number of nitrogens with zero attached hydrogens (tertiary/aromatic N) is 2. The van der Waals surface area contributed by atoms with Crippen LogP contribution >= 0.6 is 0 Å². The molecule has 2 aromatic rings. The van der Waals surface area contributed by atoms with Gasteiger partial charge in [0.1, 0.15) is 12.6 Å². The van der Waals surface area contributed by atoms with Gasteiger partial charge in [0.05, 0.1) is 11.9 Å². The van der Waals surface area contributed by atoms with E-state index in [1.54, 1.807) is 19.1 Å². The van der Waals surface area contributed by atoms with Gasteiger partial charge >= 0.3 is 0 Å². The Kier molecular flexibility index (Phi) is 8.94. The summed E-state index contributed by atoms with van der Waals surface area (Å²) in [6.45, 7) is 5.53. The molecule has 1 fully saturated rings. The van der Waals surface area contributed by atoms with Crippen molar-refractivity contribution in [1.82, 2.24) is 10.2 Å². The normalized spacial score (nSPS) is 15.0. The van der Waals surface area contributed by atoms with Gasteiger partial charge in [-0.1, -0.05) is 56.2 Å². The fourth-order valence-electron chi connectivity index (χ4n) is 4.46. The van der Waals surface area contributed by atoms with E-state index in [2.05, 4.69) is 5.32 Å². The van der Waals surface area contributed by atoms with Crippen molar-refractivity contribution in [2.45, 2.75) is 71.5 Å². The molecule has 0 unspecified atom stereocenters. The molecule has 0 spiro atoms. The van der Waals surface area contributed by atoms with Crippen LogP contribution in [0.4, 0.5) is 5.69 Å². The number of sulfonamides is 1. The molecule has 0 aromatic heterocycles. The molecule has 0 heterocycles. The summed E-state index contributed by atoms with van der Waals surface area (Å²) in [5.41, 5.74) is 3.42. The largest absolute Gasteiger partial charge is 0.352 e. The molecular formula is C27H37N3O4S. The number of carbonyl (C=O) groups excluding carboxylic acids is 2. The minimum Gasteiger partial charge on any atom is -0.352 e. The lowest BCUT2D eigenvalue weighted by atomic mass is 10.1. The van der Waals surface area contributed by atoms with Gasteiger partial charge in [0.15, 0.2) is 0 Å². The summed E-state index contributed by atoms with van der Waals surface area (Å²) in [6.07, 6.45) is 5.99. The van der Waals surface area contributed by atoms with Gasteiger partial charge < -0.3 is 10.2 Å². The molecule has 1 N–H and O–H groups in total. The first kappa shape index (κ1) is 26.7. The maximum absolute atomic E-state index is 13.6. The van der Waals surface area contributed by atoms with Crippen LogP contribution in [0.3, 0.4) is 0 Å². The number of hydrogen-bond donors (Lipinski definition) is 1. The quantitative estimate of drug-likeness (QED) is 0.539. The van der Waals surface area contributed by atoms with Gasteiger partial charge in [-0.25, -0.2) is 8.42 Å². The van der Waals surface area contributed by atoms with Crippen molar-refractivity contribution in [1.29, 1.82) is 0 Å². The molecule has 0 saturated heterocycles. The van der Waals surface area contributed by atoms with E-state index in [1.807, 2.05) is 50.2 Å². The SMILES string of the molecule is CCc1ccc(N(CC(=O)N(Cc2ccccc2C)[C@H](C)C(=O)NC2CCCC2)S(C)(=O)=O)cc1. The van der Waals surface area contributed by atoms with E-state index in [0.29, 0.717) is 5.69 Å². The van der Waals surface area contributed by atoms with Crippen LogP contribution in [0.15, 0.2) is 48.5 Å². The molecule has 2 aromatic carbocycles. The van der Waals surface area contributed by atoms with Gasteiger partial charge in [-0.2, -0.15) is 0 Å². The number of hydrogen-bond acceptors (Lipinski definition) is 4. The summed E-state index contributed by atoms with van der Waals surface area (Å²) in [7, 11) is -3.73. The molecule has 0 aliphatic heterocycles. The lowest BCUT2D eigenvalue weighted by Crippen LogP contribution is -2.52. The molecule has 0 bridgehead atoms. The molecule has 1 saturated carbocycles. The van der Waals surface area contributed by atoms with Gasteiger partial charge in [0.2, 0.25) is 21.8 Å². The Hall–Kier alpha value is -2.87. The number of anilines is 1. The van der Waals surface area contributed by atoms with E-state index in [1.165, 1.54) is 4.90 Å². The Balaban J connectivity index is 1.88. The van der Waals surface area contributed by atoms with Crippen LogP contribution in [0.1, 0.15) is 56.2 Å². The van der Waals surface area contributed by atoms with Gasteiger partial charge in [-0.05, 0) is 61.9 Å². The second-order valence-corrected chi connectivity index (χ2v) is 11.3. The predicted octanol–water partition coefficient (Wildman–Crippen LogP) is 3.80. The highest BCUT2D eigenvalue weighted by molar-refractivity contribution is 7.92. The fourth-order valence-corrected chi connectivity index (χ4v) is 5.31. The maximum atomic E-state index is 13.6. The molecule has 2 amide bonds. The molecule has 3 rings (SSSR count). The number of carbonyl (C=O) groups is 2. The lowest BCUT2D eigenvalue weighted by molar-refractivity contribution is -0.139. The molecule has 35 heavy (non-hydrogen) atoms. The van der Waals surface area contributed by atoms with Crippen molar-refractivity contribution in [2.24, 2.45) is 0 Å². The maximum Gasteiger partial charge on any atom is 0.244 e. The standard InChI is InChI=1S/C27H37N3O4S/c1-5-22-14-16-25(17-15-22)30(35(4,33)34)19-26(31)29(18-23-11-7-6-10-20(23)2)21(3)27(32)28-24-12-8-9-13-24/h6-7,10-11,14-17,21,24H,5,8-9,12-13,18-19H2,1-4H3,(H,28,32)/t21-/m1/s1. The van der Waals surface area contributed by atoms with Crippen molar-refractivity contribution in [3.05, 3.63) is 65.2 Å². The van der Waals surface area contributed by atoms with E-state index in [4.69, 9.17) is 0 Å². The predicted molar refractivity (Wildman–Crippen MR) is 140 cm³/mol. The average Bonchev–Trinajstić information content (AvgIpc) is 3.34. The van der Waals surface area contributed by atoms with Crippen LogP contribution in [0.2, 0.25) is 0 Å². The molecule has 1 atom stereocenters. The van der Waals surface area contributed by atoms with Gasteiger partial charge in [-0.15, -0.1) is 0 Å². The summed E-state index contributed by atoms with van der Waals surface area (Å²) in [5.74, 6) is -0.635. The van der Waals surface area contributed by atoms with Crippen molar-refractivity contribution in [3.8, 4) is 0 Å². The zero-order valence-corrected chi connectivity index (χ0v) is 22.0. The van der Waals surface area contributed by atoms with Crippen LogP contribution in [0.5, 0.6) is 0 Å². The number of aryl methyl sites for hydroxylation is 2. The first-order valence-electron chi connectivity index (χ1n) is 12.3. The highest BCUT2D eigenvalue weighted by atomic mass is 32.2. The molecule has 8 heteroatoms. The summed E-state index contributed by atoms with van der Waals surface area (Å²) in [6, 6.07) is 14.2. The van der Waals surface area contributed by atoms with Crippen molar-refractivity contribution >= 4 is 27.5 Å². The molecular weight excluding hydrogens is 462 g/mol. The average molecular weight is 500 g/mol. The highest BCUT2D eigenvalue weighted by Gasteiger charge is 2.31. The highest BCUT2D eigenvalue weighted by Crippen LogP contribution is 2.22. The van der Waals surface area contributed by atoms with Crippen LogP contribution in [0.25, 0.3) is 0 Å². The van der Waals surface area contributed by atoms with E-state index >= 15 is 0 Å². The van der Waals surface area contributed by atoms with Gasteiger partial charge in [0.25, 0.3) is 0 Å². The Morgan fingerprint density at radius 2 is 1.69 bits per heavy atom. The van der Waals surface area contributed by atoms with E-state index in [-0.39, 0.29) is 25.0 Å². The summed E-state index contributed by atoms with van der Waals surface area (Å²) >= 11 is 0. The second kappa shape index (κ2) is 11.7.